The number of rotatable bonds is 8. The van der Waals surface area contributed by atoms with Crippen molar-refractivity contribution in [2.24, 2.45) is 0 Å². The van der Waals surface area contributed by atoms with Crippen molar-refractivity contribution >= 4 is 17.7 Å². The van der Waals surface area contributed by atoms with E-state index >= 15 is 0 Å². The molecule has 2 rings (SSSR count). The highest BCUT2D eigenvalue weighted by atomic mass is 16.5. The molecule has 0 saturated carbocycles. The first kappa shape index (κ1) is 20.6. The van der Waals surface area contributed by atoms with Crippen LogP contribution < -0.4 is 24.3 Å². The molecule has 0 bridgehead atoms. The zero-order valence-electron chi connectivity index (χ0n) is 16.2. The highest BCUT2D eigenvalue weighted by Crippen LogP contribution is 2.30. The van der Waals surface area contributed by atoms with E-state index in [0.29, 0.717) is 40.9 Å². The number of nitrogens with zero attached hydrogens (tertiary/aromatic N) is 1. The fourth-order valence-corrected chi connectivity index (χ4v) is 2.47. The number of hydrogen-bond donors (Lipinski definition) is 1. The molecule has 28 heavy (non-hydrogen) atoms. The Kier molecular flexibility index (Phi) is 7.28. The first-order valence-corrected chi connectivity index (χ1v) is 8.52. The van der Waals surface area contributed by atoms with Gasteiger partial charge in [0.15, 0.2) is 11.5 Å². The minimum Gasteiger partial charge on any atom is -0.497 e. The van der Waals surface area contributed by atoms with Crippen molar-refractivity contribution in [1.29, 1.82) is 5.26 Å². The lowest BCUT2D eigenvalue weighted by Crippen LogP contribution is -2.14. The fourth-order valence-electron chi connectivity index (χ4n) is 2.47. The molecule has 2 aromatic carbocycles. The van der Waals surface area contributed by atoms with E-state index in [1.165, 1.54) is 27.4 Å². The predicted molar refractivity (Wildman–Crippen MR) is 106 cm³/mol. The molecule has 0 saturated heterocycles. The monoisotopic (exact) mass is 382 g/mol. The maximum absolute atomic E-state index is 12.6. The molecule has 0 aromatic heterocycles. The van der Waals surface area contributed by atoms with E-state index in [1.807, 2.05) is 13.0 Å². The zero-order chi connectivity index (χ0) is 20.5. The Morgan fingerprint density at radius 1 is 1.04 bits per heavy atom. The Morgan fingerprint density at radius 2 is 1.75 bits per heavy atom. The second-order valence-corrected chi connectivity index (χ2v) is 5.53. The summed E-state index contributed by atoms with van der Waals surface area (Å²) in [6.45, 7) is 2.37. The van der Waals surface area contributed by atoms with E-state index in [1.54, 1.807) is 36.4 Å². The molecule has 0 aliphatic heterocycles. The van der Waals surface area contributed by atoms with Crippen LogP contribution in [0.3, 0.4) is 0 Å². The molecule has 0 unspecified atom stereocenters. The summed E-state index contributed by atoms with van der Waals surface area (Å²) in [6.07, 6.45) is 1.47. The number of nitrogens with one attached hydrogen (secondary N) is 1. The number of methoxy groups -OCH3 is 3. The molecular formula is C21H22N2O5. The number of carbonyl (C=O) groups is 1. The van der Waals surface area contributed by atoms with Crippen molar-refractivity contribution in [2.45, 2.75) is 6.92 Å². The number of anilines is 1. The maximum Gasteiger partial charge on any atom is 0.266 e. The number of hydrogen-bond acceptors (Lipinski definition) is 6. The Morgan fingerprint density at radius 3 is 2.36 bits per heavy atom. The van der Waals surface area contributed by atoms with E-state index in [-0.39, 0.29) is 5.57 Å². The number of benzene rings is 2. The third kappa shape index (κ3) is 4.95. The lowest BCUT2D eigenvalue weighted by Gasteiger charge is -2.12. The van der Waals surface area contributed by atoms with Crippen LogP contribution in [-0.2, 0) is 4.79 Å². The first-order valence-electron chi connectivity index (χ1n) is 8.52. The van der Waals surface area contributed by atoms with Gasteiger partial charge in [0, 0.05) is 6.07 Å². The smallest absolute Gasteiger partial charge is 0.266 e. The normalized spacial score (nSPS) is 10.6. The average molecular weight is 382 g/mol. The molecule has 0 atom stereocenters. The van der Waals surface area contributed by atoms with Crippen LogP contribution in [0.25, 0.3) is 6.08 Å². The summed E-state index contributed by atoms with van der Waals surface area (Å²) in [5.74, 6) is 1.54. The third-order valence-corrected chi connectivity index (χ3v) is 3.82. The van der Waals surface area contributed by atoms with Crippen molar-refractivity contribution < 1.29 is 23.7 Å². The lowest BCUT2D eigenvalue weighted by molar-refractivity contribution is -0.112. The van der Waals surface area contributed by atoms with Gasteiger partial charge in [-0.05, 0) is 42.8 Å². The highest BCUT2D eigenvalue weighted by Gasteiger charge is 2.14. The summed E-state index contributed by atoms with van der Waals surface area (Å²) in [6, 6.07) is 12.1. The van der Waals surface area contributed by atoms with Gasteiger partial charge >= 0.3 is 0 Å². The van der Waals surface area contributed by atoms with E-state index < -0.39 is 5.91 Å². The van der Waals surface area contributed by atoms with E-state index in [9.17, 15) is 10.1 Å². The number of nitriles is 1. The van der Waals surface area contributed by atoms with Gasteiger partial charge in [-0.15, -0.1) is 0 Å². The summed E-state index contributed by atoms with van der Waals surface area (Å²) in [5.41, 5.74) is 0.956. The molecule has 146 valence electrons. The minimum atomic E-state index is -0.568. The molecule has 0 heterocycles. The molecule has 0 spiro atoms. The Bertz CT molecular complexity index is 915. The van der Waals surface area contributed by atoms with Crippen molar-refractivity contribution in [1.82, 2.24) is 0 Å². The topological polar surface area (TPSA) is 89.8 Å². The van der Waals surface area contributed by atoms with E-state index in [4.69, 9.17) is 18.9 Å². The molecule has 7 heteroatoms. The van der Waals surface area contributed by atoms with Crippen LogP contribution in [0, 0.1) is 11.3 Å². The van der Waals surface area contributed by atoms with Gasteiger partial charge in [-0.2, -0.15) is 5.26 Å². The lowest BCUT2D eigenvalue weighted by atomic mass is 10.1. The molecule has 1 amide bonds. The standard InChI is InChI=1S/C21H22N2O5/c1-5-28-19-8-6-14(11-20(19)27-4)10-15(13-22)21(24)23-17-12-16(25-2)7-9-18(17)26-3/h6-12H,5H2,1-4H3,(H,23,24)/b15-10+. The average Bonchev–Trinajstić information content (AvgIpc) is 2.72. The van der Waals surface area contributed by atoms with Crippen LogP contribution in [-0.4, -0.2) is 33.8 Å². The summed E-state index contributed by atoms with van der Waals surface area (Å²) < 4.78 is 21.2. The Hall–Kier alpha value is -3.66. The summed E-state index contributed by atoms with van der Waals surface area (Å²) in [4.78, 5) is 12.6. The van der Waals surface area contributed by atoms with Crippen LogP contribution in [0.15, 0.2) is 42.0 Å². The van der Waals surface area contributed by atoms with Crippen molar-refractivity contribution in [3.05, 3.63) is 47.5 Å². The SMILES string of the molecule is CCOc1ccc(/C=C(\C#N)C(=O)Nc2cc(OC)ccc2OC)cc1OC. The number of amides is 1. The fraction of sp³-hybridized carbons (Fsp3) is 0.238. The summed E-state index contributed by atoms with van der Waals surface area (Å²) >= 11 is 0. The maximum atomic E-state index is 12.6. The van der Waals surface area contributed by atoms with Crippen molar-refractivity contribution in [3.63, 3.8) is 0 Å². The van der Waals surface area contributed by atoms with Crippen LogP contribution >= 0.6 is 0 Å². The van der Waals surface area contributed by atoms with Crippen molar-refractivity contribution in [3.8, 4) is 29.1 Å². The van der Waals surface area contributed by atoms with Gasteiger partial charge in [0.2, 0.25) is 0 Å². The molecular weight excluding hydrogens is 360 g/mol. The van der Waals surface area contributed by atoms with Crippen LogP contribution in [0.4, 0.5) is 5.69 Å². The predicted octanol–water partition coefficient (Wildman–Crippen LogP) is 3.66. The quantitative estimate of drug-likeness (QED) is 0.554. The summed E-state index contributed by atoms with van der Waals surface area (Å²) in [5, 5.41) is 12.1. The Balaban J connectivity index is 2.30. The van der Waals surface area contributed by atoms with E-state index in [0.717, 1.165) is 0 Å². The molecule has 2 aromatic rings. The van der Waals surface area contributed by atoms with Gasteiger partial charge < -0.3 is 24.3 Å². The molecule has 0 radical (unpaired) electrons. The number of ether oxygens (including phenoxy) is 4. The molecule has 0 aliphatic rings. The third-order valence-electron chi connectivity index (χ3n) is 3.82. The van der Waals surface area contributed by atoms with Crippen molar-refractivity contribution in [2.75, 3.05) is 33.3 Å². The van der Waals surface area contributed by atoms with Gasteiger partial charge in [-0.25, -0.2) is 0 Å². The largest absolute Gasteiger partial charge is 0.497 e. The van der Waals surface area contributed by atoms with Gasteiger partial charge in [0.25, 0.3) is 5.91 Å². The second-order valence-electron chi connectivity index (χ2n) is 5.53. The van der Waals surface area contributed by atoms with Crippen LogP contribution in [0.2, 0.25) is 0 Å². The molecule has 7 nitrogen and oxygen atoms in total. The first-order chi connectivity index (χ1) is 13.6. The van der Waals surface area contributed by atoms with Crippen LogP contribution in [0.1, 0.15) is 12.5 Å². The molecule has 0 aliphatic carbocycles. The number of carbonyl (C=O) groups excluding carboxylic acids is 1. The molecule has 0 fully saturated rings. The van der Waals surface area contributed by atoms with Gasteiger partial charge in [-0.3, -0.25) is 4.79 Å². The van der Waals surface area contributed by atoms with Gasteiger partial charge in [0.1, 0.15) is 23.1 Å². The highest BCUT2D eigenvalue weighted by molar-refractivity contribution is 6.10. The summed E-state index contributed by atoms with van der Waals surface area (Å²) in [7, 11) is 4.54. The van der Waals surface area contributed by atoms with Gasteiger partial charge in [0.05, 0.1) is 33.6 Å². The Labute approximate surface area is 164 Å². The zero-order valence-corrected chi connectivity index (χ0v) is 16.2. The van der Waals surface area contributed by atoms with Gasteiger partial charge in [-0.1, -0.05) is 6.07 Å². The van der Waals surface area contributed by atoms with E-state index in [2.05, 4.69) is 5.32 Å². The molecule has 1 N–H and O–H groups in total. The second kappa shape index (κ2) is 9.88. The van der Waals surface area contributed by atoms with Crippen LogP contribution in [0.5, 0.6) is 23.0 Å². The minimum absolute atomic E-state index is 0.0731.